The summed E-state index contributed by atoms with van der Waals surface area (Å²) in [5, 5.41) is 6.80. The number of likely N-dealkylation sites (tertiary alicyclic amines) is 1. The molecule has 3 aliphatic heterocycles. The molecule has 2 aromatic rings. The van der Waals surface area contributed by atoms with Gasteiger partial charge >= 0.3 is 0 Å². The zero-order valence-electron chi connectivity index (χ0n) is 21.4. The fourth-order valence-electron chi connectivity index (χ4n) is 6.74. The van der Waals surface area contributed by atoms with Gasteiger partial charge in [-0.2, -0.15) is 0 Å². The highest BCUT2D eigenvalue weighted by Crippen LogP contribution is 2.55. The Labute approximate surface area is 241 Å². The molecule has 2 saturated heterocycles. The third kappa shape index (κ3) is 4.81. The molecule has 3 amide bonds. The summed E-state index contributed by atoms with van der Waals surface area (Å²) >= 11 is 9.82. The second-order valence-electron chi connectivity index (χ2n) is 10.9. The predicted molar refractivity (Wildman–Crippen MR) is 152 cm³/mol. The molecular formula is C30H31BrClN3O4. The molecule has 1 aliphatic carbocycles. The molecule has 39 heavy (non-hydrogen) atoms. The number of anilines is 1. The average Bonchev–Trinajstić information content (AvgIpc) is 3.57. The van der Waals surface area contributed by atoms with E-state index in [1.165, 1.54) is 6.42 Å². The highest BCUT2D eigenvalue weighted by molar-refractivity contribution is 9.10. The number of carbonyl (C=O) groups is 3. The summed E-state index contributed by atoms with van der Waals surface area (Å²) in [6.45, 7) is 0.298. The highest BCUT2D eigenvalue weighted by atomic mass is 79.9. The lowest BCUT2D eigenvalue weighted by molar-refractivity contribution is -0.141. The summed E-state index contributed by atoms with van der Waals surface area (Å²) < 4.78 is 7.35. The van der Waals surface area contributed by atoms with Crippen molar-refractivity contribution in [3.63, 3.8) is 0 Å². The Morgan fingerprint density at radius 3 is 2.54 bits per heavy atom. The van der Waals surface area contributed by atoms with Gasteiger partial charge in [0.2, 0.25) is 17.7 Å². The molecule has 3 heterocycles. The van der Waals surface area contributed by atoms with E-state index in [1.54, 1.807) is 17.0 Å². The SMILES string of the molecule is O=C(Nc1ccc(Br)cc1)[C@@H]1[C@@H]2C=C[C@]3(O2)[C@@H]1C(=O)N(CCc1ccccc1Cl)[C@@H]3C(=O)NC1CCCCC1. The van der Waals surface area contributed by atoms with Gasteiger partial charge in [-0.3, -0.25) is 14.4 Å². The minimum Gasteiger partial charge on any atom is -0.359 e. The molecule has 9 heteroatoms. The number of hydrogen-bond acceptors (Lipinski definition) is 4. The third-order valence-corrected chi connectivity index (χ3v) is 9.47. The Balaban J connectivity index is 1.29. The number of carbonyl (C=O) groups excluding carboxylic acids is 3. The van der Waals surface area contributed by atoms with Crippen LogP contribution in [0.25, 0.3) is 0 Å². The van der Waals surface area contributed by atoms with Crippen LogP contribution in [-0.2, 0) is 25.5 Å². The van der Waals surface area contributed by atoms with Crippen molar-refractivity contribution in [3.8, 4) is 0 Å². The molecule has 6 rings (SSSR count). The summed E-state index contributed by atoms with van der Waals surface area (Å²) in [6, 6.07) is 14.0. The first-order valence-electron chi connectivity index (χ1n) is 13.7. The van der Waals surface area contributed by atoms with E-state index in [0.717, 1.165) is 35.7 Å². The van der Waals surface area contributed by atoms with Gasteiger partial charge < -0.3 is 20.3 Å². The van der Waals surface area contributed by atoms with Gasteiger partial charge in [0.25, 0.3) is 0 Å². The maximum Gasteiger partial charge on any atom is 0.246 e. The fraction of sp³-hybridized carbons (Fsp3) is 0.433. The number of fused-ring (bicyclic) bond motifs is 1. The molecule has 0 aromatic heterocycles. The van der Waals surface area contributed by atoms with Crippen LogP contribution in [0, 0.1) is 11.8 Å². The summed E-state index contributed by atoms with van der Waals surface area (Å²) in [6.07, 6.45) is 8.81. The standard InChI is InChI=1S/C30H31BrClN3O4/c31-19-10-12-21(13-11-19)33-27(36)24-23-14-16-30(39-23)25(24)29(38)35(17-15-18-6-4-5-9-22(18)32)26(30)28(37)34-20-7-2-1-3-8-20/h4-6,9-14,16,20,23-26H,1-3,7-8,15,17H2,(H,33,36)(H,34,37)/t23-,24+,25-,26+,30-/m0/s1. The molecule has 4 aliphatic rings. The van der Waals surface area contributed by atoms with Crippen LogP contribution in [0.1, 0.15) is 37.7 Å². The molecule has 2 N–H and O–H groups in total. The van der Waals surface area contributed by atoms with Gasteiger partial charge in [0.05, 0.1) is 17.9 Å². The van der Waals surface area contributed by atoms with Crippen LogP contribution in [0.4, 0.5) is 5.69 Å². The van der Waals surface area contributed by atoms with Gasteiger partial charge in [-0.15, -0.1) is 0 Å². The average molecular weight is 613 g/mol. The van der Waals surface area contributed by atoms with Crippen molar-refractivity contribution in [1.82, 2.24) is 10.2 Å². The second-order valence-corrected chi connectivity index (χ2v) is 12.2. The zero-order chi connectivity index (χ0) is 27.1. The van der Waals surface area contributed by atoms with Crippen LogP contribution >= 0.6 is 27.5 Å². The van der Waals surface area contributed by atoms with Crippen molar-refractivity contribution >= 4 is 50.9 Å². The Kier molecular flexibility index (Phi) is 7.29. The first-order chi connectivity index (χ1) is 18.9. The quantitative estimate of drug-likeness (QED) is 0.437. The molecule has 0 unspecified atom stereocenters. The minimum atomic E-state index is -1.18. The number of amides is 3. The van der Waals surface area contributed by atoms with Crippen molar-refractivity contribution in [1.29, 1.82) is 0 Å². The predicted octanol–water partition coefficient (Wildman–Crippen LogP) is 4.88. The lowest BCUT2D eigenvalue weighted by Gasteiger charge is -2.34. The molecule has 5 atom stereocenters. The van der Waals surface area contributed by atoms with E-state index < -0.39 is 29.6 Å². The normalized spacial score (nSPS) is 29.5. The Hall–Kier alpha value is -2.68. The maximum absolute atomic E-state index is 14.1. The number of rotatable bonds is 7. The van der Waals surface area contributed by atoms with E-state index in [0.29, 0.717) is 23.7 Å². The Morgan fingerprint density at radius 2 is 1.79 bits per heavy atom. The van der Waals surface area contributed by atoms with Crippen molar-refractivity contribution in [2.24, 2.45) is 11.8 Å². The molecule has 2 aromatic carbocycles. The largest absolute Gasteiger partial charge is 0.359 e. The summed E-state index contributed by atoms with van der Waals surface area (Å²) in [4.78, 5) is 43.2. The van der Waals surface area contributed by atoms with E-state index >= 15 is 0 Å². The van der Waals surface area contributed by atoms with Crippen LogP contribution in [0.2, 0.25) is 5.02 Å². The lowest BCUT2D eigenvalue weighted by Crippen LogP contribution is -2.56. The Bertz CT molecular complexity index is 1310. The number of nitrogens with zero attached hydrogens (tertiary/aromatic N) is 1. The Morgan fingerprint density at radius 1 is 1.05 bits per heavy atom. The van der Waals surface area contributed by atoms with Crippen LogP contribution in [-0.4, -0.2) is 53.0 Å². The van der Waals surface area contributed by atoms with Gasteiger partial charge in [0.1, 0.15) is 11.6 Å². The molecule has 7 nitrogen and oxygen atoms in total. The molecule has 1 spiro atoms. The molecule has 1 saturated carbocycles. The van der Waals surface area contributed by atoms with Crippen molar-refractivity contribution in [3.05, 3.63) is 75.7 Å². The monoisotopic (exact) mass is 611 g/mol. The first kappa shape index (κ1) is 26.5. The highest BCUT2D eigenvalue weighted by Gasteiger charge is 2.72. The molecule has 2 bridgehead atoms. The molecule has 204 valence electrons. The number of benzene rings is 2. The fourth-order valence-corrected chi connectivity index (χ4v) is 7.23. The number of nitrogens with one attached hydrogen (secondary N) is 2. The zero-order valence-corrected chi connectivity index (χ0v) is 23.8. The second kappa shape index (κ2) is 10.7. The summed E-state index contributed by atoms with van der Waals surface area (Å²) in [5.74, 6) is -2.24. The molecule has 0 radical (unpaired) electrons. The van der Waals surface area contributed by atoms with Crippen molar-refractivity contribution in [2.75, 3.05) is 11.9 Å². The van der Waals surface area contributed by atoms with Gasteiger partial charge in [-0.1, -0.05) is 77.1 Å². The van der Waals surface area contributed by atoms with E-state index in [4.69, 9.17) is 16.3 Å². The third-order valence-electron chi connectivity index (χ3n) is 8.57. The number of halogens is 2. The van der Waals surface area contributed by atoms with E-state index in [1.807, 2.05) is 48.6 Å². The smallest absolute Gasteiger partial charge is 0.246 e. The van der Waals surface area contributed by atoms with Gasteiger partial charge in [0.15, 0.2) is 0 Å². The molecule has 3 fully saturated rings. The lowest BCUT2D eigenvalue weighted by atomic mass is 9.74. The topological polar surface area (TPSA) is 87.7 Å². The maximum atomic E-state index is 14.1. The van der Waals surface area contributed by atoms with Crippen LogP contribution in [0.15, 0.2) is 65.2 Å². The first-order valence-corrected chi connectivity index (χ1v) is 14.8. The van der Waals surface area contributed by atoms with Gasteiger partial charge in [-0.25, -0.2) is 0 Å². The van der Waals surface area contributed by atoms with Gasteiger partial charge in [0, 0.05) is 27.8 Å². The van der Waals surface area contributed by atoms with Gasteiger partial charge in [-0.05, 0) is 55.2 Å². The van der Waals surface area contributed by atoms with Crippen molar-refractivity contribution < 1.29 is 19.1 Å². The number of hydrogen-bond donors (Lipinski definition) is 2. The van der Waals surface area contributed by atoms with E-state index in [2.05, 4.69) is 26.6 Å². The van der Waals surface area contributed by atoms with Crippen LogP contribution in [0.5, 0.6) is 0 Å². The van der Waals surface area contributed by atoms with Crippen molar-refractivity contribution in [2.45, 2.75) is 62.3 Å². The van der Waals surface area contributed by atoms with E-state index in [-0.39, 0.29) is 23.8 Å². The van der Waals surface area contributed by atoms with Crippen LogP contribution < -0.4 is 10.6 Å². The number of ether oxygens (including phenoxy) is 1. The van der Waals surface area contributed by atoms with Crippen LogP contribution in [0.3, 0.4) is 0 Å². The van der Waals surface area contributed by atoms with E-state index in [9.17, 15) is 14.4 Å². The molecular weight excluding hydrogens is 582 g/mol. The summed E-state index contributed by atoms with van der Waals surface area (Å²) in [5.41, 5.74) is 0.359. The summed E-state index contributed by atoms with van der Waals surface area (Å²) in [7, 11) is 0. The minimum absolute atomic E-state index is 0.0845.